The van der Waals surface area contributed by atoms with Crippen molar-refractivity contribution in [3.05, 3.63) is 34.4 Å². The van der Waals surface area contributed by atoms with E-state index in [-0.39, 0.29) is 24.2 Å². The zero-order chi connectivity index (χ0) is 14.4. The van der Waals surface area contributed by atoms with Gasteiger partial charge < -0.3 is 4.74 Å². The predicted molar refractivity (Wildman–Crippen MR) is 69.1 cm³/mol. The van der Waals surface area contributed by atoms with Crippen molar-refractivity contribution < 1.29 is 18.3 Å². The minimum atomic E-state index is -2.75. The van der Waals surface area contributed by atoms with E-state index in [1.54, 1.807) is 13.0 Å². The maximum atomic E-state index is 12.8. The standard InChI is InChI=1S/C13H12BrF2NO2/c1-2-19-12(18)5-10-8(6-14)3-4-9(13(15)16)11(10)7-17/h3-4,13H,2,5-6H2,1H3. The smallest absolute Gasteiger partial charge is 0.310 e. The van der Waals surface area contributed by atoms with Gasteiger partial charge in [0.2, 0.25) is 0 Å². The second-order valence-corrected chi connectivity index (χ2v) is 4.26. The second kappa shape index (κ2) is 7.19. The molecule has 0 unspecified atom stereocenters. The van der Waals surface area contributed by atoms with Crippen LogP contribution in [0.5, 0.6) is 0 Å². The van der Waals surface area contributed by atoms with Crippen LogP contribution in [0.15, 0.2) is 12.1 Å². The van der Waals surface area contributed by atoms with Gasteiger partial charge in [0.25, 0.3) is 6.43 Å². The third-order valence-electron chi connectivity index (χ3n) is 2.56. The lowest BCUT2D eigenvalue weighted by Crippen LogP contribution is -2.12. The molecule has 0 aliphatic heterocycles. The van der Waals surface area contributed by atoms with Crippen LogP contribution in [0.1, 0.15) is 35.6 Å². The molecule has 6 heteroatoms. The molecule has 3 nitrogen and oxygen atoms in total. The monoisotopic (exact) mass is 331 g/mol. The van der Waals surface area contributed by atoms with Gasteiger partial charge in [-0.1, -0.05) is 28.1 Å². The number of ether oxygens (including phenoxy) is 1. The summed E-state index contributed by atoms with van der Waals surface area (Å²) in [7, 11) is 0. The molecule has 0 bridgehead atoms. The van der Waals surface area contributed by atoms with E-state index >= 15 is 0 Å². The predicted octanol–water partition coefficient (Wildman–Crippen LogP) is 3.50. The highest BCUT2D eigenvalue weighted by Crippen LogP contribution is 2.28. The fraction of sp³-hybridized carbons (Fsp3) is 0.385. The van der Waals surface area contributed by atoms with Crippen LogP contribution in [0, 0.1) is 11.3 Å². The number of benzene rings is 1. The summed E-state index contributed by atoms with van der Waals surface area (Å²) in [5.74, 6) is -0.535. The van der Waals surface area contributed by atoms with Gasteiger partial charge in [0.05, 0.1) is 24.7 Å². The van der Waals surface area contributed by atoms with Crippen molar-refractivity contribution in [2.75, 3.05) is 6.61 Å². The van der Waals surface area contributed by atoms with E-state index in [4.69, 9.17) is 10.00 Å². The summed E-state index contributed by atoms with van der Waals surface area (Å²) in [6.07, 6.45) is -2.93. The molecule has 0 N–H and O–H groups in total. The Morgan fingerprint density at radius 3 is 2.68 bits per heavy atom. The van der Waals surface area contributed by atoms with Crippen LogP contribution in [0.3, 0.4) is 0 Å². The quantitative estimate of drug-likeness (QED) is 0.613. The minimum Gasteiger partial charge on any atom is -0.466 e. The molecule has 1 aromatic rings. The van der Waals surface area contributed by atoms with E-state index in [0.717, 1.165) is 0 Å². The summed E-state index contributed by atoms with van der Waals surface area (Å²) in [6.45, 7) is 1.86. The van der Waals surface area contributed by atoms with Gasteiger partial charge in [-0.05, 0) is 18.1 Å². The maximum absolute atomic E-state index is 12.8. The SMILES string of the molecule is CCOC(=O)Cc1c(CBr)ccc(C(F)F)c1C#N. The van der Waals surface area contributed by atoms with Crippen molar-refractivity contribution >= 4 is 21.9 Å². The molecular formula is C13H12BrF2NO2. The number of hydrogen-bond donors (Lipinski definition) is 0. The number of rotatable bonds is 5. The van der Waals surface area contributed by atoms with E-state index in [2.05, 4.69) is 15.9 Å². The van der Waals surface area contributed by atoms with Gasteiger partial charge in [-0.15, -0.1) is 0 Å². The highest BCUT2D eigenvalue weighted by atomic mass is 79.9. The second-order valence-electron chi connectivity index (χ2n) is 3.70. The van der Waals surface area contributed by atoms with E-state index in [1.807, 2.05) is 0 Å². The fourth-order valence-corrected chi connectivity index (χ4v) is 2.23. The Hall–Kier alpha value is -1.48. The first kappa shape index (κ1) is 15.6. The molecule has 1 aromatic carbocycles. The van der Waals surface area contributed by atoms with Gasteiger partial charge in [-0.2, -0.15) is 5.26 Å². The van der Waals surface area contributed by atoms with Crippen molar-refractivity contribution in [3.8, 4) is 6.07 Å². The van der Waals surface area contributed by atoms with Gasteiger partial charge in [0, 0.05) is 10.9 Å². The molecule has 0 aliphatic carbocycles. The zero-order valence-corrected chi connectivity index (χ0v) is 11.8. The molecular weight excluding hydrogens is 320 g/mol. The van der Waals surface area contributed by atoms with Crippen molar-refractivity contribution in [1.82, 2.24) is 0 Å². The molecule has 1 rings (SSSR count). The first-order chi connectivity index (χ1) is 9.04. The number of carbonyl (C=O) groups excluding carboxylic acids is 1. The Bertz CT molecular complexity index is 512. The van der Waals surface area contributed by atoms with Gasteiger partial charge in [-0.3, -0.25) is 4.79 Å². The average molecular weight is 332 g/mol. The Labute approximate surface area is 118 Å². The van der Waals surface area contributed by atoms with Gasteiger partial charge >= 0.3 is 5.97 Å². The van der Waals surface area contributed by atoms with Crippen molar-refractivity contribution in [3.63, 3.8) is 0 Å². The molecule has 0 amide bonds. The van der Waals surface area contributed by atoms with E-state index < -0.39 is 12.4 Å². The van der Waals surface area contributed by atoms with E-state index in [9.17, 15) is 13.6 Å². The van der Waals surface area contributed by atoms with E-state index in [0.29, 0.717) is 16.5 Å². The number of carbonyl (C=O) groups is 1. The summed E-state index contributed by atoms with van der Waals surface area (Å²) in [4.78, 5) is 11.5. The largest absolute Gasteiger partial charge is 0.466 e. The third-order valence-corrected chi connectivity index (χ3v) is 3.16. The Morgan fingerprint density at radius 1 is 1.53 bits per heavy atom. The number of alkyl halides is 3. The first-order valence-electron chi connectivity index (χ1n) is 5.59. The summed E-state index contributed by atoms with van der Waals surface area (Å²) in [5.41, 5.74) is 0.441. The summed E-state index contributed by atoms with van der Waals surface area (Å²) >= 11 is 3.21. The van der Waals surface area contributed by atoms with Crippen LogP contribution < -0.4 is 0 Å². The molecule has 0 aromatic heterocycles. The fourth-order valence-electron chi connectivity index (χ4n) is 1.71. The molecule has 19 heavy (non-hydrogen) atoms. The average Bonchev–Trinajstić information content (AvgIpc) is 2.38. The molecule has 0 heterocycles. The van der Waals surface area contributed by atoms with Gasteiger partial charge in [0.15, 0.2) is 0 Å². The lowest BCUT2D eigenvalue weighted by Gasteiger charge is -2.12. The number of nitriles is 1. The Morgan fingerprint density at radius 2 is 2.21 bits per heavy atom. The molecule has 0 fully saturated rings. The van der Waals surface area contributed by atoms with Crippen molar-refractivity contribution in [2.45, 2.75) is 25.1 Å². The number of nitrogens with zero attached hydrogens (tertiary/aromatic N) is 1. The zero-order valence-electron chi connectivity index (χ0n) is 10.3. The third kappa shape index (κ3) is 3.74. The Balaban J connectivity index is 3.28. The number of hydrogen-bond acceptors (Lipinski definition) is 3. The Kier molecular flexibility index (Phi) is 5.90. The van der Waals surface area contributed by atoms with Crippen LogP contribution in [0.25, 0.3) is 0 Å². The molecule has 0 radical (unpaired) electrons. The first-order valence-corrected chi connectivity index (χ1v) is 6.71. The van der Waals surface area contributed by atoms with Crippen LogP contribution in [0.2, 0.25) is 0 Å². The highest BCUT2D eigenvalue weighted by Gasteiger charge is 2.20. The van der Waals surface area contributed by atoms with Crippen LogP contribution in [0.4, 0.5) is 8.78 Å². The lowest BCUT2D eigenvalue weighted by molar-refractivity contribution is -0.142. The van der Waals surface area contributed by atoms with E-state index in [1.165, 1.54) is 12.1 Å². The highest BCUT2D eigenvalue weighted by molar-refractivity contribution is 9.08. The van der Waals surface area contributed by atoms with Crippen LogP contribution in [-0.4, -0.2) is 12.6 Å². The lowest BCUT2D eigenvalue weighted by atomic mass is 9.95. The van der Waals surface area contributed by atoms with Crippen molar-refractivity contribution in [1.29, 1.82) is 5.26 Å². The van der Waals surface area contributed by atoms with Crippen LogP contribution >= 0.6 is 15.9 Å². The summed E-state index contributed by atoms with van der Waals surface area (Å²) in [6, 6.07) is 4.47. The summed E-state index contributed by atoms with van der Waals surface area (Å²) < 4.78 is 30.5. The van der Waals surface area contributed by atoms with Gasteiger partial charge in [-0.25, -0.2) is 8.78 Å². The molecule has 0 saturated heterocycles. The van der Waals surface area contributed by atoms with Crippen LogP contribution in [-0.2, 0) is 21.3 Å². The van der Waals surface area contributed by atoms with Crippen molar-refractivity contribution in [2.24, 2.45) is 0 Å². The topological polar surface area (TPSA) is 50.1 Å². The molecule has 102 valence electrons. The molecule has 0 spiro atoms. The molecule has 0 atom stereocenters. The minimum absolute atomic E-state index is 0.139. The normalized spacial score (nSPS) is 10.3. The van der Waals surface area contributed by atoms with Gasteiger partial charge in [0.1, 0.15) is 0 Å². The summed E-state index contributed by atoms with van der Waals surface area (Å²) in [5, 5.41) is 9.44. The maximum Gasteiger partial charge on any atom is 0.310 e. The molecule has 0 aliphatic rings. The molecule has 0 saturated carbocycles. The number of halogens is 3. The number of esters is 1.